The Morgan fingerprint density at radius 3 is 1.59 bits per heavy atom. The summed E-state index contributed by atoms with van der Waals surface area (Å²) in [4.78, 5) is 42.6. The van der Waals surface area contributed by atoms with Crippen molar-refractivity contribution < 1.29 is 18.6 Å². The number of halogens is 3. The number of pyridine rings is 1. The zero-order chi connectivity index (χ0) is 71.8. The molecule has 22 nitrogen and oxygen atoms in total. The zero-order valence-electron chi connectivity index (χ0n) is 59.9. The van der Waals surface area contributed by atoms with Crippen LogP contribution >= 0.6 is 57.7 Å². The van der Waals surface area contributed by atoms with Crippen LogP contribution in [0.25, 0.3) is 44.2 Å². The highest BCUT2D eigenvalue weighted by Gasteiger charge is 2.33. The molecule has 10 aromatic rings. The Labute approximate surface area is 624 Å². The van der Waals surface area contributed by atoms with Crippen molar-refractivity contribution in [2.45, 2.75) is 107 Å². The largest absolute Gasteiger partial charge is 0.496 e. The molecule has 27 heteroatoms. The van der Waals surface area contributed by atoms with Crippen molar-refractivity contribution in [2.75, 3.05) is 119 Å². The summed E-state index contributed by atoms with van der Waals surface area (Å²) >= 11 is 13.0. The molecule has 4 N–H and O–H groups in total. The molecule has 0 unspecified atom stereocenters. The number of piperazine rings is 2. The molecule has 0 amide bonds. The van der Waals surface area contributed by atoms with Crippen molar-refractivity contribution in [3.63, 3.8) is 0 Å². The lowest BCUT2D eigenvalue weighted by molar-refractivity contribution is 0.187. The molecule has 4 aromatic carbocycles. The normalized spacial score (nSPS) is 17.2. The fourth-order valence-corrected chi connectivity index (χ4v) is 18.8. The van der Waals surface area contributed by atoms with Crippen LogP contribution in [-0.4, -0.2) is 170 Å². The highest BCUT2D eigenvalue weighted by Crippen LogP contribution is 2.47. The van der Waals surface area contributed by atoms with E-state index in [-0.39, 0.29) is 5.28 Å². The van der Waals surface area contributed by atoms with Gasteiger partial charge in [0.25, 0.3) is 0 Å². The van der Waals surface area contributed by atoms with Crippen molar-refractivity contribution in [1.29, 1.82) is 0 Å². The lowest BCUT2D eigenvalue weighted by Gasteiger charge is -2.40. The summed E-state index contributed by atoms with van der Waals surface area (Å²) < 4.78 is 43.4. The van der Waals surface area contributed by atoms with Gasteiger partial charge in [0.15, 0.2) is 0 Å². The number of nitrogens with one attached hydrogen (secondary N) is 2. The van der Waals surface area contributed by atoms with E-state index in [0.29, 0.717) is 66.9 Å². The molecule has 4 saturated carbocycles. The van der Waals surface area contributed by atoms with Crippen LogP contribution in [0.5, 0.6) is 11.5 Å². The number of hydrogen-bond acceptors (Lipinski definition) is 20. The van der Waals surface area contributed by atoms with Gasteiger partial charge in [-0.05, 0) is 164 Å². The second kappa shape index (κ2) is 30.9. The van der Waals surface area contributed by atoms with E-state index >= 15 is 0 Å². The first-order chi connectivity index (χ1) is 49.6. The summed E-state index contributed by atoms with van der Waals surface area (Å²) in [5.74, 6) is 4.35. The molecular formula is C76H91Br2ClN18O4P2. The SMILES string of the molecule is COc1cc(N2CCN(C3CCCC3)CC2)c(-c2cnn(C)c2)cc1Cc1ncc(Br)c(Nc2ccc3nc(C4CC4)cnc3c2P(C)(C)=O)n1.COc1cc(N2CCN(C3CCCC3)CC2)c(-c2cnn(C)c2)cc1N.CP(C)(=O)c1c(Nc2nc(Cl)ncc2Br)ccc2nc(C3CC3)ccc12. The van der Waals surface area contributed by atoms with Gasteiger partial charge in [0.1, 0.15) is 48.8 Å². The number of nitrogens with two attached hydrogens (primary N) is 1. The summed E-state index contributed by atoms with van der Waals surface area (Å²) in [6.07, 6.45) is 29.2. The van der Waals surface area contributed by atoms with Gasteiger partial charge in [-0.25, -0.2) is 19.9 Å². The lowest BCUT2D eigenvalue weighted by Crippen LogP contribution is -2.49. The quantitative estimate of drug-likeness (QED) is 0.0411. The fraction of sp³-hybridized carbons (Fsp3) is 0.434. The molecule has 103 heavy (non-hydrogen) atoms. The third kappa shape index (κ3) is 16.6. The number of fused-ring (bicyclic) bond motifs is 2. The third-order valence-electron chi connectivity index (χ3n) is 20.8. The minimum atomic E-state index is -2.77. The van der Waals surface area contributed by atoms with E-state index in [0.717, 1.165) is 161 Å². The highest BCUT2D eigenvalue weighted by molar-refractivity contribution is 9.11. The van der Waals surface area contributed by atoms with Gasteiger partial charge in [-0.1, -0.05) is 31.7 Å². The van der Waals surface area contributed by atoms with Crippen molar-refractivity contribution in [3.05, 3.63) is 141 Å². The van der Waals surface area contributed by atoms with E-state index in [4.69, 9.17) is 51.7 Å². The molecule has 6 fully saturated rings. The Kier molecular flexibility index (Phi) is 21.7. The molecule has 4 aliphatic carbocycles. The minimum absolute atomic E-state index is 0.143. The first-order valence-corrected chi connectivity index (χ1v) is 43.0. The molecule has 0 bridgehead atoms. The lowest BCUT2D eigenvalue weighted by atomic mass is 9.99. The third-order valence-corrected chi connectivity index (χ3v) is 25.2. The standard InChI is InChI=1S/C38H45BrN9O2P.C20H29N5O.C18H17BrClN4OP/c1-46-23-26(20-42-46)28-17-25(34(50-2)19-33(28)48-15-13-47(14-16-48)27-7-5-6-8-27)18-35-40-21-29(39)38(45-35)44-31-12-11-30-36(37(31)51(3,4)49)41-22-32(43-30)24-9-10-24;1-23-14-15(13-22-23)17-11-18(21)20(26-2)12-19(17)25-9-7-24(8-10-25)16-5-3-4-6-16;1-26(2,25)16-11-5-6-13(10-3-4-10)22-14(11)7-8-15(16)23-17-12(19)9-21-18(20)24-17/h11-12,17,19-24,27H,5-10,13-16,18H2,1-4H3,(H,40,44,45);11-14,16H,3-10,21H2,1-2H3;5-10H,3-4H2,1-2H3,(H,21,23,24). The smallest absolute Gasteiger partial charge is 0.224 e. The Balaban J connectivity index is 0.000000145. The number of ether oxygens (including phenoxy) is 2. The van der Waals surface area contributed by atoms with E-state index in [9.17, 15) is 9.13 Å². The average Bonchev–Trinajstić information content (AvgIpc) is 1.65. The number of aryl methyl sites for hydroxylation is 2. The van der Waals surface area contributed by atoms with Crippen LogP contribution in [0, 0.1) is 0 Å². The molecule has 6 aromatic heterocycles. The van der Waals surface area contributed by atoms with Crippen LogP contribution in [0.3, 0.4) is 0 Å². The van der Waals surface area contributed by atoms with Crippen molar-refractivity contribution in [1.82, 2.24) is 64.2 Å². The van der Waals surface area contributed by atoms with Gasteiger partial charge in [0.2, 0.25) is 5.28 Å². The van der Waals surface area contributed by atoms with E-state index in [1.165, 1.54) is 69.9 Å². The molecule has 8 heterocycles. The topological polar surface area (TPSA) is 242 Å². The number of methoxy groups -OCH3 is 2. The second-order valence-corrected chi connectivity index (χ2v) is 37.2. The fourth-order valence-electron chi connectivity index (χ4n) is 15.2. The van der Waals surface area contributed by atoms with Crippen molar-refractivity contribution >= 4 is 130 Å². The van der Waals surface area contributed by atoms with E-state index < -0.39 is 14.3 Å². The number of hydrogen-bond donors (Lipinski definition) is 3. The minimum Gasteiger partial charge on any atom is -0.496 e. The molecular weight excluding hydrogens is 1490 g/mol. The summed E-state index contributed by atoms with van der Waals surface area (Å²) in [7, 11) is 1.95. The van der Waals surface area contributed by atoms with Crippen LogP contribution in [0.15, 0.2) is 113 Å². The van der Waals surface area contributed by atoms with Gasteiger partial charge < -0.3 is 44.8 Å². The number of nitrogen functional groups attached to an aromatic ring is 1. The first-order valence-electron chi connectivity index (χ1n) is 35.8. The maximum absolute atomic E-state index is 13.7. The van der Waals surface area contributed by atoms with Crippen LogP contribution in [0.4, 0.5) is 40.1 Å². The Hall–Kier alpha value is -7.56. The summed E-state index contributed by atoms with van der Waals surface area (Å²) in [6, 6.07) is 21.9. The maximum Gasteiger partial charge on any atom is 0.224 e. The molecule has 0 radical (unpaired) electrons. The molecule has 16 rings (SSSR count). The van der Waals surface area contributed by atoms with Crippen LogP contribution in [0.1, 0.15) is 112 Å². The predicted octanol–water partition coefficient (Wildman–Crippen LogP) is 15.2. The van der Waals surface area contributed by atoms with Gasteiger partial charge in [0, 0.05) is 195 Å². The predicted molar refractivity (Wildman–Crippen MR) is 424 cm³/mol. The van der Waals surface area contributed by atoms with Crippen LogP contribution in [-0.2, 0) is 29.6 Å². The molecule has 6 aliphatic rings. The second-order valence-electron chi connectivity index (χ2n) is 28.9. The van der Waals surface area contributed by atoms with Crippen molar-refractivity contribution in [2.24, 2.45) is 14.1 Å². The molecule has 540 valence electrons. The summed E-state index contributed by atoms with van der Waals surface area (Å²) in [5, 5.41) is 18.1. The van der Waals surface area contributed by atoms with Crippen LogP contribution < -0.4 is 46.2 Å². The zero-order valence-corrected chi connectivity index (χ0v) is 65.6. The molecule has 0 atom stereocenters. The Bertz CT molecular complexity index is 4860. The van der Waals surface area contributed by atoms with Gasteiger partial charge in [-0.15, -0.1) is 0 Å². The maximum atomic E-state index is 13.7. The molecule has 2 saturated heterocycles. The number of anilines is 7. The summed E-state index contributed by atoms with van der Waals surface area (Å²) in [6.45, 7) is 15.5. The monoisotopic (exact) mass is 1570 g/mol. The number of nitrogens with zero attached hydrogens (tertiary/aromatic N) is 15. The number of benzene rings is 4. The Morgan fingerprint density at radius 2 is 1.06 bits per heavy atom. The first kappa shape index (κ1) is 72.4. The number of rotatable bonds is 18. The average molecular weight is 1580 g/mol. The molecule has 2 aliphatic heterocycles. The van der Waals surface area contributed by atoms with Crippen molar-refractivity contribution in [3.8, 4) is 33.8 Å². The molecule has 0 spiro atoms. The van der Waals surface area contributed by atoms with E-state index in [2.05, 4.69) is 113 Å². The number of aromatic nitrogens is 11. The van der Waals surface area contributed by atoms with Gasteiger partial charge in [-0.3, -0.25) is 29.1 Å². The van der Waals surface area contributed by atoms with E-state index in [1.54, 1.807) is 53.3 Å². The van der Waals surface area contributed by atoms with E-state index in [1.807, 2.05) is 84.6 Å². The van der Waals surface area contributed by atoms with Gasteiger partial charge in [0.05, 0.1) is 74.7 Å². The van der Waals surface area contributed by atoms with Crippen LogP contribution in [0.2, 0.25) is 5.28 Å². The highest BCUT2D eigenvalue weighted by atomic mass is 79.9. The Morgan fingerprint density at radius 1 is 0.553 bits per heavy atom. The van der Waals surface area contributed by atoms with Gasteiger partial charge in [-0.2, -0.15) is 15.2 Å². The summed E-state index contributed by atoms with van der Waals surface area (Å²) in [5.41, 5.74) is 20.5. The van der Waals surface area contributed by atoms with Gasteiger partial charge >= 0.3 is 0 Å².